The average Bonchev–Trinajstić information content (AvgIpc) is 2.25. The lowest BCUT2D eigenvalue weighted by Crippen LogP contribution is -2.54. The fraction of sp³-hybridized carbons (Fsp3) is 0.500. The van der Waals surface area contributed by atoms with Gasteiger partial charge in [0, 0.05) is 6.20 Å². The van der Waals surface area contributed by atoms with Gasteiger partial charge in [-0.2, -0.15) is 0 Å². The number of hydrogen-bond acceptors (Lipinski definition) is 4. The van der Waals surface area contributed by atoms with E-state index in [1.165, 1.54) is 12.5 Å². The summed E-state index contributed by atoms with van der Waals surface area (Å²) in [5.74, 6) is -1.19. The SMILES string of the molecule is Cc1ncncc1C(=O)NC1(CC(=O)O)CCC1. The first-order valence-electron chi connectivity index (χ1n) is 5.83. The summed E-state index contributed by atoms with van der Waals surface area (Å²) in [6, 6.07) is 0. The van der Waals surface area contributed by atoms with Crippen molar-refractivity contribution in [2.75, 3.05) is 0 Å². The Morgan fingerprint density at radius 2 is 2.22 bits per heavy atom. The van der Waals surface area contributed by atoms with Gasteiger partial charge in [0.2, 0.25) is 0 Å². The van der Waals surface area contributed by atoms with Gasteiger partial charge in [0.25, 0.3) is 5.91 Å². The monoisotopic (exact) mass is 249 g/mol. The molecule has 0 unspecified atom stereocenters. The van der Waals surface area contributed by atoms with Crippen molar-refractivity contribution in [2.45, 2.75) is 38.1 Å². The number of nitrogens with one attached hydrogen (secondary N) is 1. The number of hydrogen-bond donors (Lipinski definition) is 2. The highest BCUT2D eigenvalue weighted by atomic mass is 16.4. The number of carbonyl (C=O) groups excluding carboxylic acids is 1. The minimum absolute atomic E-state index is 0.0362. The van der Waals surface area contributed by atoms with E-state index in [0.717, 1.165) is 6.42 Å². The number of nitrogens with zero attached hydrogens (tertiary/aromatic N) is 2. The third-order valence-corrected chi connectivity index (χ3v) is 3.34. The van der Waals surface area contributed by atoms with Gasteiger partial charge in [-0.15, -0.1) is 0 Å². The quantitative estimate of drug-likeness (QED) is 0.827. The van der Waals surface area contributed by atoms with Gasteiger partial charge in [0.1, 0.15) is 6.33 Å². The highest BCUT2D eigenvalue weighted by molar-refractivity contribution is 5.95. The molecule has 1 saturated carbocycles. The molecule has 2 N–H and O–H groups in total. The zero-order valence-electron chi connectivity index (χ0n) is 10.1. The summed E-state index contributed by atoms with van der Waals surface area (Å²) in [6.45, 7) is 1.72. The summed E-state index contributed by atoms with van der Waals surface area (Å²) in [5.41, 5.74) is 0.395. The molecule has 96 valence electrons. The molecule has 2 rings (SSSR count). The standard InChI is InChI=1S/C12H15N3O3/c1-8-9(6-13-7-14-8)11(18)15-12(3-2-4-12)5-10(16)17/h6-7H,2-5H2,1H3,(H,15,18)(H,16,17). The third kappa shape index (κ3) is 2.47. The van der Waals surface area contributed by atoms with Crippen LogP contribution in [0.1, 0.15) is 41.7 Å². The fourth-order valence-electron chi connectivity index (χ4n) is 2.16. The minimum atomic E-state index is -0.893. The smallest absolute Gasteiger partial charge is 0.305 e. The number of carbonyl (C=O) groups is 2. The highest BCUT2D eigenvalue weighted by Gasteiger charge is 2.40. The topological polar surface area (TPSA) is 92.2 Å². The second kappa shape index (κ2) is 4.72. The first-order chi connectivity index (χ1) is 8.52. The van der Waals surface area contributed by atoms with Crippen molar-refractivity contribution >= 4 is 11.9 Å². The van der Waals surface area contributed by atoms with Gasteiger partial charge in [-0.25, -0.2) is 9.97 Å². The molecule has 0 spiro atoms. The number of aliphatic carboxylic acids is 1. The summed E-state index contributed by atoms with van der Waals surface area (Å²) < 4.78 is 0. The lowest BCUT2D eigenvalue weighted by Gasteiger charge is -2.41. The lowest BCUT2D eigenvalue weighted by atomic mass is 9.74. The molecular formula is C12H15N3O3. The Kier molecular flexibility index (Phi) is 3.27. The van der Waals surface area contributed by atoms with Crippen LogP contribution >= 0.6 is 0 Å². The van der Waals surface area contributed by atoms with Crippen molar-refractivity contribution < 1.29 is 14.7 Å². The van der Waals surface area contributed by atoms with E-state index < -0.39 is 11.5 Å². The molecule has 0 saturated heterocycles. The molecule has 1 aromatic heterocycles. The maximum absolute atomic E-state index is 12.1. The minimum Gasteiger partial charge on any atom is -0.481 e. The summed E-state index contributed by atoms with van der Waals surface area (Å²) >= 11 is 0. The zero-order chi connectivity index (χ0) is 13.2. The van der Waals surface area contributed by atoms with Crippen LogP contribution in [-0.2, 0) is 4.79 Å². The predicted molar refractivity (Wildman–Crippen MR) is 63.1 cm³/mol. The number of amides is 1. The van der Waals surface area contributed by atoms with E-state index in [0.29, 0.717) is 24.1 Å². The molecule has 0 aliphatic heterocycles. The van der Waals surface area contributed by atoms with Gasteiger partial charge in [0.15, 0.2) is 0 Å². The van der Waals surface area contributed by atoms with Crippen molar-refractivity contribution in [3.8, 4) is 0 Å². The Morgan fingerprint density at radius 1 is 1.50 bits per heavy atom. The number of aryl methyl sites for hydroxylation is 1. The summed E-state index contributed by atoms with van der Waals surface area (Å²) in [6.07, 6.45) is 5.14. The predicted octanol–water partition coefficient (Wildman–Crippen LogP) is 0.912. The lowest BCUT2D eigenvalue weighted by molar-refractivity contribution is -0.139. The van der Waals surface area contributed by atoms with Gasteiger partial charge in [-0.3, -0.25) is 9.59 Å². The summed E-state index contributed by atoms with van der Waals surface area (Å²) in [5, 5.41) is 11.7. The van der Waals surface area contributed by atoms with E-state index in [9.17, 15) is 9.59 Å². The fourth-order valence-corrected chi connectivity index (χ4v) is 2.16. The first-order valence-corrected chi connectivity index (χ1v) is 5.83. The Hall–Kier alpha value is -1.98. The Morgan fingerprint density at radius 3 is 2.72 bits per heavy atom. The zero-order valence-corrected chi connectivity index (χ0v) is 10.1. The van der Waals surface area contributed by atoms with Gasteiger partial charge in [-0.05, 0) is 26.2 Å². The Labute approximate surface area is 104 Å². The molecule has 1 aromatic rings. The van der Waals surface area contributed by atoms with E-state index >= 15 is 0 Å². The molecule has 6 heteroatoms. The van der Waals surface area contributed by atoms with E-state index in [4.69, 9.17) is 5.11 Å². The molecule has 1 aliphatic carbocycles. The van der Waals surface area contributed by atoms with Crippen LogP contribution in [0, 0.1) is 6.92 Å². The normalized spacial score (nSPS) is 16.7. The molecule has 0 aromatic carbocycles. The Balaban J connectivity index is 2.11. The van der Waals surface area contributed by atoms with Gasteiger partial charge in [-0.1, -0.05) is 0 Å². The van der Waals surface area contributed by atoms with Gasteiger partial charge in [0.05, 0.1) is 23.2 Å². The summed E-state index contributed by atoms with van der Waals surface area (Å²) in [4.78, 5) is 30.6. The maximum Gasteiger partial charge on any atom is 0.305 e. The molecule has 1 heterocycles. The van der Waals surface area contributed by atoms with E-state index in [2.05, 4.69) is 15.3 Å². The van der Waals surface area contributed by atoms with Crippen LogP contribution in [0.3, 0.4) is 0 Å². The van der Waals surface area contributed by atoms with E-state index in [1.54, 1.807) is 6.92 Å². The molecular weight excluding hydrogens is 234 g/mol. The number of carboxylic acid groups (broad SMARTS) is 1. The number of aromatic nitrogens is 2. The maximum atomic E-state index is 12.1. The van der Waals surface area contributed by atoms with E-state index in [1.807, 2.05) is 0 Å². The Bertz CT molecular complexity index is 483. The molecule has 0 bridgehead atoms. The molecule has 1 aliphatic rings. The van der Waals surface area contributed by atoms with Crippen LogP contribution in [0.2, 0.25) is 0 Å². The highest BCUT2D eigenvalue weighted by Crippen LogP contribution is 2.35. The van der Waals surface area contributed by atoms with E-state index in [-0.39, 0.29) is 12.3 Å². The van der Waals surface area contributed by atoms with Crippen molar-refractivity contribution in [1.82, 2.24) is 15.3 Å². The van der Waals surface area contributed by atoms with Crippen molar-refractivity contribution in [3.05, 3.63) is 23.8 Å². The first kappa shape index (κ1) is 12.5. The molecule has 1 amide bonds. The second-order valence-corrected chi connectivity index (χ2v) is 4.68. The van der Waals surface area contributed by atoms with Crippen LogP contribution in [0.25, 0.3) is 0 Å². The molecule has 0 radical (unpaired) electrons. The van der Waals surface area contributed by atoms with Crippen LogP contribution in [0.4, 0.5) is 0 Å². The third-order valence-electron chi connectivity index (χ3n) is 3.34. The molecule has 18 heavy (non-hydrogen) atoms. The van der Waals surface area contributed by atoms with Gasteiger partial charge < -0.3 is 10.4 Å². The average molecular weight is 249 g/mol. The van der Waals surface area contributed by atoms with Crippen LogP contribution in [-0.4, -0.2) is 32.5 Å². The molecule has 6 nitrogen and oxygen atoms in total. The van der Waals surface area contributed by atoms with Crippen molar-refractivity contribution in [1.29, 1.82) is 0 Å². The van der Waals surface area contributed by atoms with Crippen LogP contribution < -0.4 is 5.32 Å². The van der Waals surface area contributed by atoms with Crippen molar-refractivity contribution in [3.63, 3.8) is 0 Å². The number of carboxylic acids is 1. The van der Waals surface area contributed by atoms with Crippen LogP contribution in [0.15, 0.2) is 12.5 Å². The number of rotatable bonds is 4. The second-order valence-electron chi connectivity index (χ2n) is 4.68. The summed E-state index contributed by atoms with van der Waals surface area (Å²) in [7, 11) is 0. The largest absolute Gasteiger partial charge is 0.481 e. The van der Waals surface area contributed by atoms with Gasteiger partial charge >= 0.3 is 5.97 Å². The van der Waals surface area contributed by atoms with Crippen LogP contribution in [0.5, 0.6) is 0 Å². The molecule has 1 fully saturated rings. The van der Waals surface area contributed by atoms with Crippen molar-refractivity contribution in [2.24, 2.45) is 0 Å². The molecule has 0 atom stereocenters.